The van der Waals surface area contributed by atoms with Crippen LogP contribution in [0, 0.1) is 11.8 Å². The van der Waals surface area contributed by atoms with Crippen LogP contribution in [0.15, 0.2) is 49.1 Å². The zero-order valence-electron chi connectivity index (χ0n) is 20.2. The van der Waals surface area contributed by atoms with Crippen LogP contribution in [0.5, 0.6) is 5.75 Å². The molecule has 3 aromatic rings. The number of aromatic nitrogens is 3. The fourth-order valence-corrected chi connectivity index (χ4v) is 5.09. The molecule has 0 amide bonds. The van der Waals surface area contributed by atoms with E-state index in [9.17, 15) is 15.0 Å². The van der Waals surface area contributed by atoms with Gasteiger partial charge in [-0.3, -0.25) is 19.7 Å². The van der Waals surface area contributed by atoms with E-state index >= 15 is 0 Å². The van der Waals surface area contributed by atoms with Crippen molar-refractivity contribution in [1.82, 2.24) is 19.9 Å². The van der Waals surface area contributed by atoms with E-state index in [0.717, 1.165) is 60.9 Å². The maximum atomic E-state index is 12.1. The van der Waals surface area contributed by atoms with Crippen molar-refractivity contribution in [3.05, 3.63) is 60.3 Å². The van der Waals surface area contributed by atoms with Crippen molar-refractivity contribution in [2.24, 2.45) is 11.8 Å². The summed E-state index contributed by atoms with van der Waals surface area (Å²) in [6.07, 6.45) is 11.1. The van der Waals surface area contributed by atoms with Crippen LogP contribution in [0.2, 0.25) is 0 Å². The fourth-order valence-electron chi connectivity index (χ4n) is 5.09. The number of aliphatic hydroxyl groups is 1. The number of hydrogen-bond acceptors (Lipinski definition) is 7. The lowest BCUT2D eigenvalue weighted by Crippen LogP contribution is -2.44. The molecule has 3 atom stereocenters. The Morgan fingerprint density at radius 1 is 1.20 bits per heavy atom. The van der Waals surface area contributed by atoms with Crippen molar-refractivity contribution in [2.75, 3.05) is 26.7 Å². The number of aliphatic hydroxyl groups excluding tert-OH is 1. The number of carboxylic acid groups (broad SMARTS) is 1. The first-order chi connectivity index (χ1) is 17.0. The smallest absolute Gasteiger partial charge is 0.308 e. The second kappa shape index (κ2) is 12.0. The van der Waals surface area contributed by atoms with E-state index in [1.165, 1.54) is 0 Å². The highest BCUT2D eigenvalue weighted by Gasteiger charge is 2.34. The van der Waals surface area contributed by atoms with E-state index < -0.39 is 18.0 Å². The number of nitrogens with zero attached hydrogens (tertiary/aromatic N) is 4. The summed E-state index contributed by atoms with van der Waals surface area (Å²) in [6, 6.07) is 7.47. The van der Waals surface area contributed by atoms with Gasteiger partial charge in [0.1, 0.15) is 5.75 Å². The molecule has 8 nitrogen and oxygen atoms in total. The number of fused-ring (bicyclic) bond motifs is 1. The number of likely N-dealkylation sites (tertiary alicyclic amines) is 1. The number of ether oxygens (including phenoxy) is 1. The number of aliphatic carboxylic acids is 1. The van der Waals surface area contributed by atoms with E-state index in [2.05, 4.69) is 19.9 Å². The Bertz CT molecular complexity index is 1110. The molecule has 2 N–H and O–H groups in total. The number of carboxylic acids is 1. The molecule has 8 heteroatoms. The van der Waals surface area contributed by atoms with Gasteiger partial charge in [0.05, 0.1) is 30.3 Å². The van der Waals surface area contributed by atoms with E-state index in [-0.39, 0.29) is 5.92 Å². The normalized spacial score (nSPS) is 19.5. The largest absolute Gasteiger partial charge is 0.497 e. The van der Waals surface area contributed by atoms with Gasteiger partial charge >= 0.3 is 5.97 Å². The molecule has 4 rings (SSSR count). The summed E-state index contributed by atoms with van der Waals surface area (Å²) in [4.78, 5) is 27.1. The second-order valence-corrected chi connectivity index (χ2v) is 9.32. The number of piperidine rings is 1. The lowest BCUT2D eigenvalue weighted by Gasteiger charge is -2.37. The Labute approximate surface area is 206 Å². The Morgan fingerprint density at radius 2 is 2.09 bits per heavy atom. The van der Waals surface area contributed by atoms with Crippen LogP contribution in [0.4, 0.5) is 0 Å². The first-order valence-corrected chi connectivity index (χ1v) is 12.4. The summed E-state index contributed by atoms with van der Waals surface area (Å²) in [5, 5.41) is 21.8. The summed E-state index contributed by atoms with van der Waals surface area (Å²) in [7, 11) is 1.62. The molecule has 3 heterocycles. The minimum atomic E-state index is -0.743. The van der Waals surface area contributed by atoms with Crippen molar-refractivity contribution in [2.45, 2.75) is 44.6 Å². The summed E-state index contributed by atoms with van der Waals surface area (Å²) >= 11 is 0. The number of rotatable bonds is 11. The minimum absolute atomic E-state index is 0.0561. The number of hydrogen-bond donors (Lipinski definition) is 2. The number of carbonyl (C=O) groups is 1. The molecule has 0 saturated carbocycles. The van der Waals surface area contributed by atoms with Crippen LogP contribution in [0.25, 0.3) is 10.9 Å². The first kappa shape index (κ1) is 25.0. The summed E-state index contributed by atoms with van der Waals surface area (Å²) in [5.74, 6) is -0.382. The summed E-state index contributed by atoms with van der Waals surface area (Å²) in [5.41, 5.74) is 2.60. The van der Waals surface area contributed by atoms with Crippen molar-refractivity contribution in [1.29, 1.82) is 0 Å². The molecule has 1 aromatic carbocycles. The highest BCUT2D eigenvalue weighted by molar-refractivity contribution is 5.83. The monoisotopic (exact) mass is 478 g/mol. The van der Waals surface area contributed by atoms with Gasteiger partial charge in [-0.05, 0) is 87.4 Å². The highest BCUT2D eigenvalue weighted by atomic mass is 16.5. The van der Waals surface area contributed by atoms with Crippen LogP contribution in [-0.2, 0) is 11.2 Å². The Hall–Kier alpha value is -3.10. The van der Waals surface area contributed by atoms with Gasteiger partial charge < -0.3 is 19.8 Å². The molecule has 35 heavy (non-hydrogen) atoms. The topological polar surface area (TPSA) is 109 Å². The van der Waals surface area contributed by atoms with E-state index in [1.807, 2.05) is 24.3 Å². The van der Waals surface area contributed by atoms with Crippen LogP contribution < -0.4 is 4.74 Å². The van der Waals surface area contributed by atoms with E-state index in [4.69, 9.17) is 4.74 Å². The van der Waals surface area contributed by atoms with Gasteiger partial charge in [0.25, 0.3) is 0 Å². The Morgan fingerprint density at radius 3 is 2.86 bits per heavy atom. The number of benzene rings is 1. The lowest BCUT2D eigenvalue weighted by molar-refractivity contribution is -0.146. The predicted molar refractivity (Wildman–Crippen MR) is 133 cm³/mol. The minimum Gasteiger partial charge on any atom is -0.497 e. The van der Waals surface area contributed by atoms with Gasteiger partial charge in [-0.25, -0.2) is 0 Å². The molecule has 0 spiro atoms. The predicted octanol–water partition coefficient (Wildman–Crippen LogP) is 3.89. The van der Waals surface area contributed by atoms with Crippen molar-refractivity contribution in [3.8, 4) is 5.75 Å². The van der Waals surface area contributed by atoms with Crippen LogP contribution in [0.1, 0.15) is 49.5 Å². The van der Waals surface area contributed by atoms with Crippen molar-refractivity contribution >= 4 is 16.9 Å². The van der Waals surface area contributed by atoms with Crippen LogP contribution in [0.3, 0.4) is 0 Å². The number of pyridine rings is 1. The molecule has 0 radical (unpaired) electrons. The maximum absolute atomic E-state index is 12.1. The average molecular weight is 479 g/mol. The zero-order valence-corrected chi connectivity index (χ0v) is 20.2. The van der Waals surface area contributed by atoms with Gasteiger partial charge in [0, 0.05) is 36.7 Å². The number of unbranched alkanes of at least 4 members (excludes halogenated alkanes) is 1. The average Bonchev–Trinajstić information content (AvgIpc) is 2.89. The quantitative estimate of drug-likeness (QED) is 0.400. The number of methoxy groups -OCH3 is 1. The molecule has 186 valence electrons. The third kappa shape index (κ3) is 6.52. The van der Waals surface area contributed by atoms with Gasteiger partial charge in [-0.15, -0.1) is 0 Å². The molecule has 1 aliphatic heterocycles. The molecule has 1 fully saturated rings. The standard InChI is InChI=1S/C27H34N4O4/c1-35-21-6-7-25-23(16-21)22(9-11-30-25)26(32)8-5-19-10-15-31(18-24(19)27(33)34)14-3-2-4-20-17-28-12-13-29-20/h6-7,9,11-13,16-17,19,24,26,32H,2-5,8,10,14-15,18H2,1H3,(H,33,34)/t19-,24+,26-/m1/s1. The first-order valence-electron chi connectivity index (χ1n) is 12.4. The van der Waals surface area contributed by atoms with Gasteiger partial charge in [0.15, 0.2) is 0 Å². The fraction of sp³-hybridized carbons (Fsp3) is 0.481. The molecule has 0 unspecified atom stereocenters. The number of aryl methyl sites for hydroxylation is 1. The summed E-state index contributed by atoms with van der Waals surface area (Å²) in [6.45, 7) is 2.35. The summed E-state index contributed by atoms with van der Waals surface area (Å²) < 4.78 is 5.33. The Balaban J connectivity index is 1.30. The molecule has 2 aromatic heterocycles. The van der Waals surface area contributed by atoms with Crippen LogP contribution >= 0.6 is 0 Å². The third-order valence-corrected chi connectivity index (χ3v) is 7.08. The molecule has 0 aliphatic carbocycles. The molecule has 0 bridgehead atoms. The van der Waals surface area contributed by atoms with Crippen molar-refractivity contribution < 1.29 is 19.7 Å². The zero-order chi connectivity index (χ0) is 24.6. The highest BCUT2D eigenvalue weighted by Crippen LogP contribution is 2.33. The van der Waals surface area contributed by atoms with Gasteiger partial charge in [-0.2, -0.15) is 0 Å². The maximum Gasteiger partial charge on any atom is 0.308 e. The third-order valence-electron chi connectivity index (χ3n) is 7.08. The van der Waals surface area contributed by atoms with E-state index in [0.29, 0.717) is 25.1 Å². The second-order valence-electron chi connectivity index (χ2n) is 9.32. The molecular formula is C27H34N4O4. The molecule has 1 saturated heterocycles. The van der Waals surface area contributed by atoms with Crippen molar-refractivity contribution in [3.63, 3.8) is 0 Å². The Kier molecular flexibility index (Phi) is 8.60. The SMILES string of the molecule is COc1ccc2nccc([C@H](O)CC[C@@H]3CCN(CCCCc4cnccn4)C[C@@H]3C(=O)O)c2c1. The van der Waals surface area contributed by atoms with E-state index in [1.54, 1.807) is 31.9 Å². The van der Waals surface area contributed by atoms with Gasteiger partial charge in [0.2, 0.25) is 0 Å². The van der Waals surface area contributed by atoms with Gasteiger partial charge in [-0.1, -0.05) is 0 Å². The van der Waals surface area contributed by atoms with Crippen LogP contribution in [-0.4, -0.2) is 62.8 Å². The molecular weight excluding hydrogens is 444 g/mol. The molecule has 1 aliphatic rings. The lowest BCUT2D eigenvalue weighted by atomic mass is 9.81.